The van der Waals surface area contributed by atoms with Crippen molar-refractivity contribution in [3.8, 4) is 0 Å². The number of ether oxygens (including phenoxy) is 1. The Labute approximate surface area is 123 Å². The smallest absolute Gasteiger partial charge is 0.450 e. The quantitative estimate of drug-likeness (QED) is 0.860. The molecule has 2 amide bonds. The van der Waals surface area contributed by atoms with Gasteiger partial charge in [-0.3, -0.25) is 4.79 Å². The number of nitrogens with one attached hydrogen (secondary N) is 1. The molecule has 3 heterocycles. The standard InChI is InChI=1S/C13H13F3N2O4/c14-13(15,16)9-8(1-6-21-9)10(19)18-4-2-12(3-5-18)7-22-11(20)17-12/h1,6H,2-5,7H2,(H,17,20). The van der Waals surface area contributed by atoms with Crippen LogP contribution in [-0.2, 0) is 10.9 Å². The van der Waals surface area contributed by atoms with Gasteiger partial charge in [0.15, 0.2) is 0 Å². The van der Waals surface area contributed by atoms with Gasteiger partial charge in [-0.1, -0.05) is 0 Å². The third kappa shape index (κ3) is 2.51. The van der Waals surface area contributed by atoms with E-state index < -0.39 is 35.0 Å². The summed E-state index contributed by atoms with van der Waals surface area (Å²) in [6.07, 6.45) is -3.49. The third-order valence-corrected chi connectivity index (χ3v) is 4.01. The minimum atomic E-state index is -4.71. The lowest BCUT2D eigenvalue weighted by molar-refractivity contribution is -0.153. The minimum absolute atomic E-state index is 0.216. The van der Waals surface area contributed by atoms with Crippen molar-refractivity contribution < 1.29 is 31.9 Å². The molecule has 0 bridgehead atoms. The van der Waals surface area contributed by atoms with E-state index in [-0.39, 0.29) is 19.7 Å². The Morgan fingerprint density at radius 2 is 2.00 bits per heavy atom. The van der Waals surface area contributed by atoms with Crippen molar-refractivity contribution in [2.75, 3.05) is 19.7 Å². The molecule has 2 aliphatic heterocycles. The van der Waals surface area contributed by atoms with Crippen molar-refractivity contribution in [1.29, 1.82) is 0 Å². The van der Waals surface area contributed by atoms with Gasteiger partial charge in [-0.25, -0.2) is 4.79 Å². The summed E-state index contributed by atoms with van der Waals surface area (Å²) in [5.74, 6) is -2.00. The molecule has 0 aliphatic carbocycles. The van der Waals surface area contributed by atoms with Crippen molar-refractivity contribution >= 4 is 12.0 Å². The zero-order valence-corrected chi connectivity index (χ0v) is 11.4. The van der Waals surface area contributed by atoms with Gasteiger partial charge in [-0.2, -0.15) is 13.2 Å². The monoisotopic (exact) mass is 318 g/mol. The van der Waals surface area contributed by atoms with Crippen LogP contribution in [0.25, 0.3) is 0 Å². The van der Waals surface area contributed by atoms with Crippen LogP contribution in [0.5, 0.6) is 0 Å². The van der Waals surface area contributed by atoms with E-state index in [1.807, 2.05) is 0 Å². The molecule has 0 unspecified atom stereocenters. The first-order valence-electron chi connectivity index (χ1n) is 6.70. The predicted octanol–water partition coefficient (Wildman–Crippen LogP) is 2.01. The van der Waals surface area contributed by atoms with Gasteiger partial charge in [0, 0.05) is 13.1 Å². The van der Waals surface area contributed by atoms with Gasteiger partial charge in [-0.05, 0) is 18.9 Å². The molecule has 0 radical (unpaired) electrons. The number of hydrogen-bond acceptors (Lipinski definition) is 4. The summed E-state index contributed by atoms with van der Waals surface area (Å²) >= 11 is 0. The van der Waals surface area contributed by atoms with Crippen LogP contribution in [0, 0.1) is 0 Å². The van der Waals surface area contributed by atoms with Gasteiger partial charge >= 0.3 is 12.3 Å². The number of hydrogen-bond donors (Lipinski definition) is 1. The molecule has 1 aromatic heterocycles. The summed E-state index contributed by atoms with van der Waals surface area (Å²) < 4.78 is 47.6. The van der Waals surface area contributed by atoms with Crippen LogP contribution in [0.1, 0.15) is 29.0 Å². The Morgan fingerprint density at radius 1 is 1.32 bits per heavy atom. The lowest BCUT2D eigenvalue weighted by Gasteiger charge is -2.37. The Morgan fingerprint density at radius 3 is 2.55 bits per heavy atom. The van der Waals surface area contributed by atoms with Gasteiger partial charge in [0.05, 0.1) is 17.4 Å². The van der Waals surface area contributed by atoms with Gasteiger partial charge in [0.1, 0.15) is 6.61 Å². The molecule has 22 heavy (non-hydrogen) atoms. The summed E-state index contributed by atoms with van der Waals surface area (Å²) in [6, 6.07) is 1.02. The molecule has 0 atom stereocenters. The number of likely N-dealkylation sites (tertiary alicyclic amines) is 1. The molecule has 2 fully saturated rings. The molecule has 0 aromatic carbocycles. The van der Waals surface area contributed by atoms with E-state index in [0.717, 1.165) is 12.3 Å². The number of cyclic esters (lactones) is 1. The lowest BCUT2D eigenvalue weighted by Crippen LogP contribution is -2.53. The van der Waals surface area contributed by atoms with E-state index in [1.165, 1.54) is 4.90 Å². The fraction of sp³-hybridized carbons (Fsp3) is 0.538. The fourth-order valence-electron chi connectivity index (χ4n) is 2.77. The summed E-state index contributed by atoms with van der Waals surface area (Å²) in [4.78, 5) is 24.7. The van der Waals surface area contributed by atoms with E-state index in [4.69, 9.17) is 4.74 Å². The van der Waals surface area contributed by atoms with Crippen LogP contribution in [0.4, 0.5) is 18.0 Å². The number of carbonyl (C=O) groups is 2. The van der Waals surface area contributed by atoms with Gasteiger partial charge in [0.2, 0.25) is 5.76 Å². The van der Waals surface area contributed by atoms with E-state index in [1.54, 1.807) is 0 Å². The maximum atomic E-state index is 12.8. The molecule has 1 aromatic rings. The highest BCUT2D eigenvalue weighted by molar-refractivity contribution is 5.95. The van der Waals surface area contributed by atoms with Crippen LogP contribution in [0.3, 0.4) is 0 Å². The molecular weight excluding hydrogens is 305 g/mol. The topological polar surface area (TPSA) is 71.8 Å². The van der Waals surface area contributed by atoms with Crippen molar-refractivity contribution in [1.82, 2.24) is 10.2 Å². The number of halogens is 3. The van der Waals surface area contributed by atoms with Crippen LogP contribution >= 0.6 is 0 Å². The highest BCUT2D eigenvalue weighted by atomic mass is 19.4. The van der Waals surface area contributed by atoms with Crippen LogP contribution < -0.4 is 5.32 Å². The molecule has 2 aliphatic rings. The second-order valence-electron chi connectivity index (χ2n) is 5.43. The van der Waals surface area contributed by atoms with Crippen molar-refractivity contribution in [3.05, 3.63) is 23.7 Å². The Bertz CT molecular complexity index is 603. The molecular formula is C13H13F3N2O4. The zero-order chi connectivity index (χ0) is 16.0. The fourth-order valence-corrected chi connectivity index (χ4v) is 2.77. The number of alkyl halides is 3. The van der Waals surface area contributed by atoms with Crippen LogP contribution in [0.2, 0.25) is 0 Å². The molecule has 6 nitrogen and oxygen atoms in total. The molecule has 3 rings (SSSR count). The Kier molecular flexibility index (Phi) is 3.30. The van der Waals surface area contributed by atoms with Crippen molar-refractivity contribution in [2.45, 2.75) is 24.6 Å². The number of alkyl carbamates (subject to hydrolysis) is 1. The second-order valence-corrected chi connectivity index (χ2v) is 5.43. The zero-order valence-electron chi connectivity index (χ0n) is 11.4. The third-order valence-electron chi connectivity index (χ3n) is 4.01. The number of carbonyl (C=O) groups excluding carboxylic acids is 2. The second kappa shape index (κ2) is 4.92. The largest absolute Gasteiger partial charge is 0.459 e. The van der Waals surface area contributed by atoms with E-state index in [0.29, 0.717) is 12.8 Å². The van der Waals surface area contributed by atoms with Crippen molar-refractivity contribution in [2.24, 2.45) is 0 Å². The first-order valence-corrected chi connectivity index (χ1v) is 6.70. The highest BCUT2D eigenvalue weighted by Crippen LogP contribution is 2.34. The number of amides is 2. The summed E-state index contributed by atoms with van der Waals surface area (Å²) in [6.45, 7) is 0.698. The summed E-state index contributed by atoms with van der Waals surface area (Å²) in [5, 5.41) is 2.70. The predicted molar refractivity (Wildman–Crippen MR) is 66.1 cm³/mol. The lowest BCUT2D eigenvalue weighted by atomic mass is 9.89. The number of piperidine rings is 1. The molecule has 1 spiro atoms. The van der Waals surface area contributed by atoms with Crippen molar-refractivity contribution in [3.63, 3.8) is 0 Å². The first kappa shape index (κ1) is 14.7. The van der Waals surface area contributed by atoms with Crippen LogP contribution in [0.15, 0.2) is 16.7 Å². The Balaban J connectivity index is 1.71. The molecule has 1 N–H and O–H groups in total. The normalized spacial score (nSPS) is 20.9. The number of rotatable bonds is 1. The van der Waals surface area contributed by atoms with E-state index >= 15 is 0 Å². The molecule has 2 saturated heterocycles. The Hall–Kier alpha value is -2.19. The minimum Gasteiger partial charge on any atom is -0.459 e. The molecule has 9 heteroatoms. The van der Waals surface area contributed by atoms with Gasteiger partial charge < -0.3 is 19.4 Å². The summed E-state index contributed by atoms with van der Waals surface area (Å²) in [7, 11) is 0. The number of furan rings is 1. The van der Waals surface area contributed by atoms with Gasteiger partial charge in [-0.15, -0.1) is 0 Å². The van der Waals surface area contributed by atoms with E-state index in [2.05, 4.69) is 9.73 Å². The average Bonchev–Trinajstić information content (AvgIpc) is 3.06. The highest BCUT2D eigenvalue weighted by Gasteiger charge is 2.44. The number of nitrogens with zero attached hydrogens (tertiary/aromatic N) is 1. The maximum Gasteiger partial charge on any atom is 0.450 e. The molecule has 0 saturated carbocycles. The van der Waals surface area contributed by atoms with Crippen LogP contribution in [-0.4, -0.2) is 42.1 Å². The average molecular weight is 318 g/mol. The SMILES string of the molecule is O=C1NC2(CCN(C(=O)c3ccoc3C(F)(F)F)CC2)CO1. The maximum absolute atomic E-state index is 12.8. The van der Waals surface area contributed by atoms with E-state index in [9.17, 15) is 22.8 Å². The first-order chi connectivity index (χ1) is 10.3. The van der Waals surface area contributed by atoms with Gasteiger partial charge in [0.25, 0.3) is 5.91 Å². The molecule has 120 valence electrons. The summed E-state index contributed by atoms with van der Waals surface area (Å²) in [5.41, 5.74) is -1.01.